The van der Waals surface area contributed by atoms with Gasteiger partial charge in [0, 0.05) is 24.4 Å². The lowest BCUT2D eigenvalue weighted by Gasteiger charge is -2.49. The molecule has 2 atom stereocenters. The zero-order chi connectivity index (χ0) is 16.6. The van der Waals surface area contributed by atoms with Crippen LogP contribution in [0, 0.1) is 0 Å². The van der Waals surface area contributed by atoms with E-state index in [9.17, 15) is 24.3 Å². The number of thioether (sulfide) groups is 1. The Balaban J connectivity index is 1.72. The fourth-order valence-corrected chi connectivity index (χ4v) is 3.96. The molecule has 0 aliphatic carbocycles. The van der Waals surface area contributed by atoms with E-state index < -0.39 is 29.4 Å². The molecule has 10 heteroatoms. The highest BCUT2D eigenvalue weighted by atomic mass is 32.2. The van der Waals surface area contributed by atoms with Gasteiger partial charge < -0.3 is 20.1 Å². The van der Waals surface area contributed by atoms with Crippen molar-refractivity contribution in [3.05, 3.63) is 11.3 Å². The Morgan fingerprint density at radius 1 is 1.43 bits per heavy atom. The predicted octanol–water partition coefficient (Wildman–Crippen LogP) is -0.803. The number of nitrogens with zero attached hydrogens (tertiary/aromatic N) is 2. The summed E-state index contributed by atoms with van der Waals surface area (Å²) in [7, 11) is 0. The SMILES string of the molecule is O=CNC1C(=O)N2C(C(=O)O)=C(COC(=O)N3CCC3)CS[C@H]12. The summed E-state index contributed by atoms with van der Waals surface area (Å²) >= 11 is 1.33. The van der Waals surface area contributed by atoms with Crippen LogP contribution in [0.3, 0.4) is 0 Å². The molecule has 124 valence electrons. The zero-order valence-corrected chi connectivity index (χ0v) is 12.9. The molecule has 3 rings (SSSR count). The summed E-state index contributed by atoms with van der Waals surface area (Å²) in [5.41, 5.74) is 0.227. The number of β-lactam (4-membered cyclic amide) rings is 1. The molecular formula is C13H15N3O6S. The maximum Gasteiger partial charge on any atom is 0.410 e. The lowest BCUT2D eigenvalue weighted by atomic mass is 10.0. The van der Waals surface area contributed by atoms with Gasteiger partial charge in [-0.3, -0.25) is 14.5 Å². The van der Waals surface area contributed by atoms with E-state index in [1.54, 1.807) is 0 Å². The molecule has 23 heavy (non-hydrogen) atoms. The minimum absolute atomic E-state index is 0.154. The highest BCUT2D eigenvalue weighted by Gasteiger charge is 2.53. The first-order valence-electron chi connectivity index (χ1n) is 7.06. The van der Waals surface area contributed by atoms with E-state index in [2.05, 4.69) is 5.32 Å². The molecule has 3 aliphatic rings. The second kappa shape index (κ2) is 6.11. The van der Waals surface area contributed by atoms with Crippen LogP contribution >= 0.6 is 11.8 Å². The molecule has 0 saturated carbocycles. The Morgan fingerprint density at radius 2 is 2.17 bits per heavy atom. The summed E-state index contributed by atoms with van der Waals surface area (Å²) in [5, 5.41) is 11.3. The van der Waals surface area contributed by atoms with Crippen LogP contribution < -0.4 is 5.32 Å². The van der Waals surface area contributed by atoms with Gasteiger partial charge in [0.2, 0.25) is 6.41 Å². The Bertz CT molecular complexity index is 603. The van der Waals surface area contributed by atoms with Gasteiger partial charge in [0.25, 0.3) is 5.91 Å². The number of likely N-dealkylation sites (tertiary alicyclic amines) is 1. The summed E-state index contributed by atoms with van der Waals surface area (Å²) < 4.78 is 5.13. The summed E-state index contributed by atoms with van der Waals surface area (Å²) in [6, 6.07) is -0.711. The number of rotatable bonds is 5. The predicted molar refractivity (Wildman–Crippen MR) is 78.3 cm³/mol. The van der Waals surface area contributed by atoms with Gasteiger partial charge in [0.15, 0.2) is 0 Å². The van der Waals surface area contributed by atoms with Gasteiger partial charge in [0.05, 0.1) is 0 Å². The smallest absolute Gasteiger partial charge is 0.410 e. The van der Waals surface area contributed by atoms with E-state index >= 15 is 0 Å². The van der Waals surface area contributed by atoms with Gasteiger partial charge in [-0.25, -0.2) is 9.59 Å². The lowest BCUT2D eigenvalue weighted by molar-refractivity contribution is -0.149. The largest absolute Gasteiger partial charge is 0.477 e. The third-order valence-corrected chi connectivity index (χ3v) is 5.32. The number of hydrogen-bond donors (Lipinski definition) is 2. The number of hydrogen-bond acceptors (Lipinski definition) is 6. The molecular weight excluding hydrogens is 326 g/mol. The Morgan fingerprint density at radius 3 is 2.74 bits per heavy atom. The lowest BCUT2D eigenvalue weighted by Crippen LogP contribution is -2.69. The van der Waals surface area contributed by atoms with Gasteiger partial charge >= 0.3 is 12.1 Å². The second-order valence-corrected chi connectivity index (χ2v) is 6.43. The average molecular weight is 341 g/mol. The van der Waals surface area contributed by atoms with Crippen LogP contribution in [0.5, 0.6) is 0 Å². The van der Waals surface area contributed by atoms with Crippen molar-refractivity contribution in [1.82, 2.24) is 15.1 Å². The number of aliphatic carboxylic acids is 1. The minimum atomic E-state index is -1.25. The number of carbonyl (C=O) groups excluding carboxylic acids is 3. The molecule has 2 saturated heterocycles. The Kier molecular flexibility index (Phi) is 4.16. The number of nitrogens with one attached hydrogen (secondary N) is 1. The molecule has 0 spiro atoms. The minimum Gasteiger partial charge on any atom is -0.477 e. The summed E-state index contributed by atoms with van der Waals surface area (Å²) in [5.74, 6) is -1.40. The molecule has 3 amide bonds. The van der Waals surface area contributed by atoms with E-state index in [-0.39, 0.29) is 12.3 Å². The van der Waals surface area contributed by atoms with Crippen LogP contribution in [-0.4, -0.2) is 76.2 Å². The first-order chi connectivity index (χ1) is 11.0. The molecule has 0 aromatic carbocycles. The van der Waals surface area contributed by atoms with E-state index in [0.29, 0.717) is 30.8 Å². The van der Waals surface area contributed by atoms with Crippen LogP contribution in [0.15, 0.2) is 11.3 Å². The van der Waals surface area contributed by atoms with Gasteiger partial charge in [-0.05, 0) is 6.42 Å². The molecule has 3 heterocycles. The van der Waals surface area contributed by atoms with Gasteiger partial charge in [-0.2, -0.15) is 0 Å². The summed E-state index contributed by atoms with van der Waals surface area (Å²) in [6.07, 6.45) is 0.883. The number of fused-ring (bicyclic) bond motifs is 1. The third-order valence-electron chi connectivity index (χ3n) is 3.98. The molecule has 2 N–H and O–H groups in total. The van der Waals surface area contributed by atoms with E-state index in [1.165, 1.54) is 16.7 Å². The number of carboxylic acid groups (broad SMARTS) is 1. The first-order valence-corrected chi connectivity index (χ1v) is 8.11. The third kappa shape index (κ3) is 2.62. The van der Waals surface area contributed by atoms with Gasteiger partial charge in [-0.1, -0.05) is 0 Å². The fourth-order valence-electron chi connectivity index (χ4n) is 2.63. The zero-order valence-electron chi connectivity index (χ0n) is 12.1. The number of carbonyl (C=O) groups is 4. The van der Waals surface area contributed by atoms with Gasteiger partial charge in [0.1, 0.15) is 23.7 Å². The first kappa shape index (κ1) is 15.7. The monoisotopic (exact) mass is 341 g/mol. The van der Waals surface area contributed by atoms with Gasteiger partial charge in [-0.15, -0.1) is 11.8 Å². The maximum absolute atomic E-state index is 12.0. The maximum atomic E-state index is 12.0. The second-order valence-electron chi connectivity index (χ2n) is 5.32. The van der Waals surface area contributed by atoms with Crippen LogP contribution in [0.25, 0.3) is 0 Å². The van der Waals surface area contributed by atoms with Crippen molar-refractivity contribution in [2.45, 2.75) is 17.8 Å². The van der Waals surface area contributed by atoms with E-state index in [4.69, 9.17) is 4.74 Å². The van der Waals surface area contributed by atoms with Crippen molar-refractivity contribution < 1.29 is 29.0 Å². The molecule has 0 aromatic rings. The topological polar surface area (TPSA) is 116 Å². The molecule has 0 aromatic heterocycles. The standard InChI is InChI=1S/C13H15N3O6S/c17-6-14-8-10(18)16-9(12(19)20)7(5-23-11(8)16)4-22-13(21)15-2-1-3-15/h6,8,11H,1-5H2,(H,14,17)(H,19,20)/t8?,11-/m1/s1. The van der Waals surface area contributed by atoms with Crippen molar-refractivity contribution in [2.24, 2.45) is 0 Å². The summed E-state index contributed by atoms with van der Waals surface area (Å²) in [6.45, 7) is 1.13. The Hall–Kier alpha value is -2.23. The molecule has 0 bridgehead atoms. The molecule has 1 unspecified atom stereocenters. The van der Waals surface area contributed by atoms with Crippen LogP contribution in [0.4, 0.5) is 4.79 Å². The van der Waals surface area contributed by atoms with Crippen molar-refractivity contribution in [2.75, 3.05) is 25.4 Å². The highest BCUT2D eigenvalue weighted by molar-refractivity contribution is 8.00. The highest BCUT2D eigenvalue weighted by Crippen LogP contribution is 2.40. The molecule has 3 aliphatic heterocycles. The normalized spacial score (nSPS) is 26.0. The number of carboxylic acids is 1. The van der Waals surface area contributed by atoms with Crippen molar-refractivity contribution in [3.8, 4) is 0 Å². The summed E-state index contributed by atoms with van der Waals surface area (Å²) in [4.78, 5) is 48.4. The van der Waals surface area contributed by atoms with Crippen LogP contribution in [0.2, 0.25) is 0 Å². The van der Waals surface area contributed by atoms with E-state index in [0.717, 1.165) is 11.3 Å². The number of amides is 3. The molecule has 2 fully saturated rings. The Labute approximate surface area is 135 Å². The fraction of sp³-hybridized carbons (Fsp3) is 0.538. The van der Waals surface area contributed by atoms with E-state index in [1.807, 2.05) is 0 Å². The van der Waals surface area contributed by atoms with Crippen molar-refractivity contribution in [1.29, 1.82) is 0 Å². The molecule has 0 radical (unpaired) electrons. The van der Waals surface area contributed by atoms with Crippen molar-refractivity contribution in [3.63, 3.8) is 0 Å². The van der Waals surface area contributed by atoms with Crippen LogP contribution in [0.1, 0.15) is 6.42 Å². The average Bonchev–Trinajstić information content (AvgIpc) is 2.47. The van der Waals surface area contributed by atoms with Crippen LogP contribution in [-0.2, 0) is 19.1 Å². The number of ether oxygens (including phenoxy) is 1. The van der Waals surface area contributed by atoms with Crippen molar-refractivity contribution >= 4 is 36.1 Å². The molecule has 9 nitrogen and oxygen atoms in total. The quantitative estimate of drug-likeness (QED) is 0.496.